The molecule has 0 atom stereocenters. The van der Waals surface area contributed by atoms with Crippen LogP contribution in [0.3, 0.4) is 0 Å². The van der Waals surface area contributed by atoms with Crippen LogP contribution in [0.5, 0.6) is 0 Å². The van der Waals surface area contributed by atoms with Crippen LogP contribution in [0.4, 0.5) is 0 Å². The number of fused-ring (bicyclic) bond motifs is 11. The van der Waals surface area contributed by atoms with E-state index in [0.29, 0.717) is 5.89 Å². The van der Waals surface area contributed by atoms with Gasteiger partial charge in [-0.05, 0) is 119 Å². The van der Waals surface area contributed by atoms with Gasteiger partial charge in [-0.25, -0.2) is 4.98 Å². The molecule has 2 heteroatoms. The zero-order valence-corrected chi connectivity index (χ0v) is 28.8. The van der Waals surface area contributed by atoms with Crippen molar-refractivity contribution in [1.29, 1.82) is 0 Å². The number of aromatic nitrogens is 1. The standard InChI is InChI=1S/C51H31NO/c1-2-14-36-35(13-1)37-15-3-4-17-39(37)41-30-29-34(31-46(41)40-18-6-5-16-38(36)40)50-44-21-9-7-19-42(44)49(43-20-8-10-22-45(43)50)32-25-27-33(28-26-32)51-52-47-23-11-12-24-48(47)53-51/h1-31H. The maximum atomic E-state index is 6.11. The Bertz CT molecular complexity index is 2960. The van der Waals surface area contributed by atoms with Crippen molar-refractivity contribution in [2.45, 2.75) is 0 Å². The molecule has 0 spiro atoms. The van der Waals surface area contributed by atoms with Crippen molar-refractivity contribution in [3.63, 3.8) is 0 Å². The lowest BCUT2D eigenvalue weighted by Crippen LogP contribution is -1.97. The molecule has 246 valence electrons. The largest absolute Gasteiger partial charge is 0.436 e. The molecule has 0 radical (unpaired) electrons. The molecule has 0 saturated heterocycles. The predicted octanol–water partition coefficient (Wildman–Crippen LogP) is 14.1. The maximum absolute atomic E-state index is 6.11. The van der Waals surface area contributed by atoms with E-state index in [-0.39, 0.29) is 0 Å². The van der Waals surface area contributed by atoms with Gasteiger partial charge in [-0.2, -0.15) is 0 Å². The van der Waals surface area contributed by atoms with Crippen molar-refractivity contribution in [3.05, 3.63) is 188 Å². The Hall–Kier alpha value is -7.03. The Morgan fingerprint density at radius 2 is 0.679 bits per heavy atom. The minimum atomic E-state index is 0.634. The van der Waals surface area contributed by atoms with Gasteiger partial charge in [-0.1, -0.05) is 158 Å². The van der Waals surface area contributed by atoms with Crippen molar-refractivity contribution in [3.8, 4) is 78.2 Å². The normalized spacial score (nSPS) is 11.8. The van der Waals surface area contributed by atoms with Crippen LogP contribution >= 0.6 is 0 Å². The third kappa shape index (κ3) is 4.63. The van der Waals surface area contributed by atoms with Crippen molar-refractivity contribution in [1.82, 2.24) is 4.98 Å². The number of nitrogens with zero attached hydrogens (tertiary/aromatic N) is 1. The van der Waals surface area contributed by atoms with E-state index in [1.165, 1.54) is 82.7 Å². The van der Waals surface area contributed by atoms with Crippen LogP contribution in [0.1, 0.15) is 0 Å². The van der Waals surface area contributed by atoms with Gasteiger partial charge in [0, 0.05) is 5.56 Å². The summed E-state index contributed by atoms with van der Waals surface area (Å²) >= 11 is 0. The van der Waals surface area contributed by atoms with Crippen LogP contribution in [0, 0.1) is 0 Å². The lowest BCUT2D eigenvalue weighted by atomic mass is 9.79. The van der Waals surface area contributed by atoms with E-state index in [0.717, 1.165) is 22.2 Å². The fourth-order valence-electron chi connectivity index (χ4n) is 8.54. The van der Waals surface area contributed by atoms with Gasteiger partial charge in [-0.3, -0.25) is 0 Å². The average molecular weight is 674 g/mol. The van der Waals surface area contributed by atoms with Gasteiger partial charge in [0.05, 0.1) is 0 Å². The number of rotatable bonds is 3. The van der Waals surface area contributed by atoms with Gasteiger partial charge >= 0.3 is 0 Å². The summed E-state index contributed by atoms with van der Waals surface area (Å²) in [5.41, 5.74) is 17.5. The molecule has 1 aliphatic rings. The summed E-state index contributed by atoms with van der Waals surface area (Å²) in [7, 11) is 0. The van der Waals surface area contributed by atoms with Crippen molar-refractivity contribution in [2.24, 2.45) is 0 Å². The first-order chi connectivity index (χ1) is 26.3. The quantitative estimate of drug-likeness (QED) is 0.175. The first-order valence-electron chi connectivity index (χ1n) is 18.1. The highest BCUT2D eigenvalue weighted by Crippen LogP contribution is 2.50. The minimum absolute atomic E-state index is 0.634. The van der Waals surface area contributed by atoms with E-state index in [2.05, 4.69) is 164 Å². The number of benzene rings is 9. The van der Waals surface area contributed by atoms with Gasteiger partial charge in [0.15, 0.2) is 5.58 Å². The molecule has 1 heterocycles. The average Bonchev–Trinajstić information content (AvgIpc) is 3.67. The molecule has 10 aromatic rings. The molecule has 0 aliphatic heterocycles. The van der Waals surface area contributed by atoms with E-state index in [9.17, 15) is 0 Å². The Kier molecular flexibility index (Phi) is 6.59. The molecule has 53 heavy (non-hydrogen) atoms. The van der Waals surface area contributed by atoms with E-state index >= 15 is 0 Å². The second kappa shape index (κ2) is 11.8. The van der Waals surface area contributed by atoms with Crippen molar-refractivity contribution < 1.29 is 4.42 Å². The minimum Gasteiger partial charge on any atom is -0.436 e. The third-order valence-corrected chi connectivity index (χ3v) is 10.9. The van der Waals surface area contributed by atoms with Crippen LogP contribution in [0.2, 0.25) is 0 Å². The Morgan fingerprint density at radius 3 is 1.19 bits per heavy atom. The van der Waals surface area contributed by atoms with E-state index in [4.69, 9.17) is 9.40 Å². The highest BCUT2D eigenvalue weighted by Gasteiger charge is 2.23. The molecule has 1 aliphatic carbocycles. The molecular weight excluding hydrogens is 643 g/mol. The first kappa shape index (κ1) is 29.7. The summed E-state index contributed by atoms with van der Waals surface area (Å²) in [4.78, 5) is 4.74. The summed E-state index contributed by atoms with van der Waals surface area (Å²) in [5, 5.41) is 4.91. The summed E-state index contributed by atoms with van der Waals surface area (Å²) in [5.74, 6) is 0.634. The SMILES string of the molecule is c1ccc2c(c1)-c1ccccc1-c1ccc(-c3c4ccccc4c(-c4ccc(-c5nc6ccccc6o5)cc4)c4ccccc34)cc1-c1ccccc1-2. The lowest BCUT2D eigenvalue weighted by molar-refractivity contribution is 0.620. The smallest absolute Gasteiger partial charge is 0.227 e. The van der Waals surface area contributed by atoms with Crippen LogP contribution in [0.25, 0.3) is 111 Å². The Morgan fingerprint density at radius 1 is 0.302 bits per heavy atom. The number of hydrogen-bond acceptors (Lipinski definition) is 2. The monoisotopic (exact) mass is 673 g/mol. The number of para-hydroxylation sites is 2. The predicted molar refractivity (Wildman–Crippen MR) is 221 cm³/mol. The topological polar surface area (TPSA) is 26.0 Å². The summed E-state index contributed by atoms with van der Waals surface area (Å²) < 4.78 is 6.11. The van der Waals surface area contributed by atoms with Gasteiger partial charge in [-0.15, -0.1) is 0 Å². The van der Waals surface area contributed by atoms with Crippen LogP contribution in [-0.2, 0) is 0 Å². The molecule has 0 saturated carbocycles. The highest BCUT2D eigenvalue weighted by molar-refractivity contribution is 6.22. The number of oxazole rings is 1. The molecule has 9 aromatic carbocycles. The molecule has 0 unspecified atom stereocenters. The molecule has 0 bridgehead atoms. The van der Waals surface area contributed by atoms with Crippen LogP contribution < -0.4 is 0 Å². The molecule has 11 rings (SSSR count). The van der Waals surface area contributed by atoms with E-state index in [1.807, 2.05) is 24.3 Å². The van der Waals surface area contributed by atoms with E-state index in [1.54, 1.807) is 0 Å². The number of hydrogen-bond donors (Lipinski definition) is 0. The summed E-state index contributed by atoms with van der Waals surface area (Å²) in [6.07, 6.45) is 0. The lowest BCUT2D eigenvalue weighted by Gasteiger charge is -2.24. The Balaban J connectivity index is 1.13. The zero-order valence-electron chi connectivity index (χ0n) is 28.8. The fourth-order valence-corrected chi connectivity index (χ4v) is 8.54. The van der Waals surface area contributed by atoms with Gasteiger partial charge in [0.2, 0.25) is 5.89 Å². The molecular formula is C51H31NO. The van der Waals surface area contributed by atoms with Crippen LogP contribution in [-0.4, -0.2) is 4.98 Å². The zero-order chi connectivity index (χ0) is 34.9. The van der Waals surface area contributed by atoms with Gasteiger partial charge < -0.3 is 4.42 Å². The van der Waals surface area contributed by atoms with Gasteiger partial charge in [0.25, 0.3) is 0 Å². The van der Waals surface area contributed by atoms with Gasteiger partial charge in [0.1, 0.15) is 5.52 Å². The van der Waals surface area contributed by atoms with Crippen LogP contribution in [0.15, 0.2) is 192 Å². The molecule has 1 aromatic heterocycles. The molecule has 0 amide bonds. The second-order valence-electron chi connectivity index (χ2n) is 13.8. The summed E-state index contributed by atoms with van der Waals surface area (Å²) in [6, 6.07) is 68.0. The Labute approximate surface area is 307 Å². The first-order valence-corrected chi connectivity index (χ1v) is 18.1. The second-order valence-corrected chi connectivity index (χ2v) is 13.8. The van der Waals surface area contributed by atoms with Crippen molar-refractivity contribution >= 4 is 32.6 Å². The maximum Gasteiger partial charge on any atom is 0.227 e. The molecule has 2 nitrogen and oxygen atoms in total. The summed E-state index contributed by atoms with van der Waals surface area (Å²) in [6.45, 7) is 0. The fraction of sp³-hybridized carbons (Fsp3) is 0. The van der Waals surface area contributed by atoms with E-state index < -0.39 is 0 Å². The molecule has 0 fully saturated rings. The highest BCUT2D eigenvalue weighted by atomic mass is 16.3. The molecule has 0 N–H and O–H groups in total. The van der Waals surface area contributed by atoms with Crippen molar-refractivity contribution in [2.75, 3.05) is 0 Å². The third-order valence-electron chi connectivity index (χ3n) is 10.9.